The van der Waals surface area contributed by atoms with Gasteiger partial charge in [-0.05, 0) is 63.9 Å². The predicted molar refractivity (Wildman–Crippen MR) is 367 cm³/mol. The fourth-order valence-corrected chi connectivity index (χ4v) is 12.0. The van der Waals surface area contributed by atoms with Crippen molar-refractivity contribution in [1.29, 1.82) is 0 Å². The summed E-state index contributed by atoms with van der Waals surface area (Å²) in [5.74, 6) is -0.519. The molecule has 0 saturated heterocycles. The molecule has 3 unspecified atom stereocenters. The summed E-state index contributed by atoms with van der Waals surface area (Å²) in [6.07, 6.45) is 81.4. The normalized spacial score (nSPS) is 13.6. The van der Waals surface area contributed by atoms with Gasteiger partial charge in [-0.15, -0.1) is 0 Å². The number of ether oxygens (including phenoxy) is 1. The van der Waals surface area contributed by atoms with Gasteiger partial charge >= 0.3 is 5.97 Å². The fourth-order valence-electron chi connectivity index (χ4n) is 11.3. The maximum Gasteiger partial charge on any atom is 0.306 e. The van der Waals surface area contributed by atoms with Crippen LogP contribution in [0.2, 0.25) is 0 Å². The largest absolute Gasteiger partial charge is 0.756 e. The summed E-state index contributed by atoms with van der Waals surface area (Å²) in [6, 6.07) is -0.885. The number of hydrogen-bond donors (Lipinski definition) is 1. The highest BCUT2D eigenvalue weighted by atomic mass is 31.2. The van der Waals surface area contributed by atoms with Crippen molar-refractivity contribution in [3.8, 4) is 0 Å². The third-order valence-corrected chi connectivity index (χ3v) is 18.0. The number of amides is 1. The van der Waals surface area contributed by atoms with E-state index >= 15 is 0 Å². The monoisotopic (exact) mass is 1220 g/mol. The standard InChI is InChI=1S/C75H145N2O7P/c1-7-10-13-16-19-22-25-27-29-31-33-35-37-38-40-41-43-45-47-49-52-55-58-61-64-67-74(78)76-72(71-83-85(80,81)82-70-69-77(4,5)6)73(66-63-60-57-54-51-24-21-18-15-12-9-3)84-75(79)68-65-62-59-56-53-50-48-46-44-42-39-36-34-32-30-28-26-23-20-17-14-11-8-2/h19,22,27,29,63,66,72-73H,7-18,20-21,23-26,28,30-62,64-65,67-71H2,1-6H3,(H-,76,78,80,81)/b22-19-,29-27-,66-63+. The van der Waals surface area contributed by atoms with Crippen molar-refractivity contribution in [1.82, 2.24) is 5.32 Å². The lowest BCUT2D eigenvalue weighted by Gasteiger charge is -2.30. The van der Waals surface area contributed by atoms with Gasteiger partial charge in [-0.25, -0.2) is 0 Å². The van der Waals surface area contributed by atoms with Crippen molar-refractivity contribution < 1.29 is 37.3 Å². The Morgan fingerprint density at radius 1 is 0.412 bits per heavy atom. The highest BCUT2D eigenvalue weighted by Gasteiger charge is 2.27. The Hall–Kier alpha value is -1.77. The second-order valence-corrected chi connectivity index (χ2v) is 28.2. The van der Waals surface area contributed by atoms with E-state index in [1.165, 1.54) is 283 Å². The Labute approximate surface area is 529 Å². The van der Waals surface area contributed by atoms with Gasteiger partial charge in [0, 0.05) is 12.8 Å². The quantitative estimate of drug-likeness (QED) is 0.0212. The maximum absolute atomic E-state index is 13.6. The Balaban J connectivity index is 4.93. The van der Waals surface area contributed by atoms with Crippen molar-refractivity contribution in [2.75, 3.05) is 40.9 Å². The first-order valence-electron chi connectivity index (χ1n) is 37.3. The Bertz CT molecular complexity index is 1550. The Morgan fingerprint density at radius 3 is 1.08 bits per heavy atom. The van der Waals surface area contributed by atoms with E-state index in [4.69, 9.17) is 13.8 Å². The highest BCUT2D eigenvalue weighted by Crippen LogP contribution is 2.38. The van der Waals surface area contributed by atoms with E-state index in [0.29, 0.717) is 17.4 Å². The topological polar surface area (TPSA) is 114 Å². The molecule has 0 aromatic heterocycles. The number of phosphoric ester groups is 1. The van der Waals surface area contributed by atoms with E-state index in [2.05, 4.69) is 50.4 Å². The zero-order valence-electron chi connectivity index (χ0n) is 57.6. The molecule has 3 atom stereocenters. The molecule has 0 aromatic rings. The Kier molecular flexibility index (Phi) is 63.8. The molecule has 1 amide bonds. The minimum atomic E-state index is -4.70. The van der Waals surface area contributed by atoms with Crippen LogP contribution in [0.3, 0.4) is 0 Å². The molecule has 9 nitrogen and oxygen atoms in total. The number of allylic oxidation sites excluding steroid dienone is 5. The van der Waals surface area contributed by atoms with Crippen LogP contribution in [-0.4, -0.2) is 69.4 Å². The molecule has 85 heavy (non-hydrogen) atoms. The predicted octanol–water partition coefficient (Wildman–Crippen LogP) is 23.2. The molecule has 0 radical (unpaired) electrons. The van der Waals surface area contributed by atoms with E-state index < -0.39 is 20.0 Å². The number of nitrogens with one attached hydrogen (secondary N) is 1. The maximum atomic E-state index is 13.6. The summed E-state index contributed by atoms with van der Waals surface area (Å²) in [5.41, 5.74) is 0. The van der Waals surface area contributed by atoms with Crippen LogP contribution >= 0.6 is 7.82 Å². The number of nitrogens with zero attached hydrogens (tertiary/aromatic N) is 1. The molecule has 1 N–H and O–H groups in total. The average Bonchev–Trinajstić information content (AvgIpc) is 3.64. The summed E-state index contributed by atoms with van der Waals surface area (Å²) in [4.78, 5) is 40.2. The van der Waals surface area contributed by atoms with Crippen LogP contribution in [0, 0.1) is 0 Å². The van der Waals surface area contributed by atoms with Crippen molar-refractivity contribution in [2.24, 2.45) is 0 Å². The van der Waals surface area contributed by atoms with Crippen LogP contribution in [0.15, 0.2) is 36.5 Å². The van der Waals surface area contributed by atoms with Crippen molar-refractivity contribution in [3.63, 3.8) is 0 Å². The number of carbonyl (C=O) groups excluding carboxylic acids is 2. The minimum Gasteiger partial charge on any atom is -0.756 e. The Morgan fingerprint density at radius 2 is 0.718 bits per heavy atom. The lowest BCUT2D eigenvalue weighted by molar-refractivity contribution is -0.870. The molecule has 0 bridgehead atoms. The van der Waals surface area contributed by atoms with Gasteiger partial charge in [-0.3, -0.25) is 14.2 Å². The molecule has 10 heteroatoms. The third-order valence-electron chi connectivity index (χ3n) is 17.1. The molecule has 0 heterocycles. The molecule has 0 aromatic carbocycles. The summed E-state index contributed by atoms with van der Waals surface area (Å²) in [5, 5.41) is 3.05. The molecule has 0 rings (SSSR count). The van der Waals surface area contributed by atoms with Gasteiger partial charge in [0.1, 0.15) is 19.3 Å². The summed E-state index contributed by atoms with van der Waals surface area (Å²) < 4.78 is 30.5. The van der Waals surface area contributed by atoms with Gasteiger partial charge in [-0.1, -0.05) is 340 Å². The number of hydrogen-bond acceptors (Lipinski definition) is 7. The van der Waals surface area contributed by atoms with E-state index in [-0.39, 0.29) is 31.5 Å². The van der Waals surface area contributed by atoms with E-state index in [1.54, 1.807) is 0 Å². The molecule has 0 saturated carbocycles. The second kappa shape index (κ2) is 65.2. The van der Waals surface area contributed by atoms with Crippen LogP contribution in [0.25, 0.3) is 0 Å². The van der Waals surface area contributed by atoms with Crippen molar-refractivity contribution >= 4 is 19.7 Å². The van der Waals surface area contributed by atoms with Gasteiger partial charge in [0.05, 0.1) is 33.8 Å². The number of esters is 1. The number of rotatable bonds is 69. The zero-order valence-corrected chi connectivity index (χ0v) is 58.5. The van der Waals surface area contributed by atoms with Gasteiger partial charge in [0.2, 0.25) is 5.91 Å². The number of carbonyl (C=O) groups is 2. The SMILES string of the molecule is CCCCC/C=C\C/C=C\CCCCCCCCCCCCCCCCCC(=O)NC(COP(=O)([O-])OCC[N+](C)(C)C)C(/C=C/CCCCCCCCCCC)OC(=O)CCCCCCCCCCCCCCCCCCCCCCCCC. The molecule has 0 spiro atoms. The van der Waals surface area contributed by atoms with Crippen LogP contribution in [0.1, 0.15) is 380 Å². The van der Waals surface area contributed by atoms with Gasteiger partial charge in [-0.2, -0.15) is 0 Å². The van der Waals surface area contributed by atoms with Crippen LogP contribution in [0.4, 0.5) is 0 Å². The number of quaternary nitrogens is 1. The summed E-state index contributed by atoms with van der Waals surface area (Å²) >= 11 is 0. The molecule has 0 aliphatic carbocycles. The number of likely N-dealkylation sites (N-methyl/N-ethyl adjacent to an activating group) is 1. The van der Waals surface area contributed by atoms with Crippen molar-refractivity contribution in [3.05, 3.63) is 36.5 Å². The van der Waals surface area contributed by atoms with Crippen LogP contribution in [0.5, 0.6) is 0 Å². The smallest absolute Gasteiger partial charge is 0.306 e. The minimum absolute atomic E-state index is 0.0189. The molecule has 0 aliphatic rings. The van der Waals surface area contributed by atoms with E-state index in [9.17, 15) is 19.0 Å². The molecular weight excluding hydrogens is 1070 g/mol. The highest BCUT2D eigenvalue weighted by molar-refractivity contribution is 7.45. The lowest BCUT2D eigenvalue weighted by atomic mass is 10.0. The first kappa shape index (κ1) is 83.2. The molecule has 502 valence electrons. The van der Waals surface area contributed by atoms with Crippen LogP contribution < -0.4 is 10.2 Å². The number of phosphoric acid groups is 1. The van der Waals surface area contributed by atoms with Gasteiger partial charge in [0.25, 0.3) is 7.82 Å². The van der Waals surface area contributed by atoms with E-state index in [0.717, 1.165) is 64.2 Å². The van der Waals surface area contributed by atoms with Gasteiger partial charge in [0.15, 0.2) is 0 Å². The first-order chi connectivity index (χ1) is 41.4. The number of unbranched alkanes of at least 4 members (excludes halogenated alkanes) is 49. The van der Waals surface area contributed by atoms with Gasteiger partial charge < -0.3 is 28.5 Å². The first-order valence-corrected chi connectivity index (χ1v) is 38.8. The average molecular weight is 1220 g/mol. The summed E-state index contributed by atoms with van der Waals surface area (Å²) in [6.45, 7) is 6.88. The molecule has 0 aliphatic heterocycles. The second-order valence-electron chi connectivity index (χ2n) is 26.8. The molecular formula is C75H145N2O7P. The fraction of sp³-hybridized carbons (Fsp3) is 0.893. The molecule has 0 fully saturated rings. The zero-order chi connectivity index (χ0) is 62.1. The third kappa shape index (κ3) is 66.5. The van der Waals surface area contributed by atoms with E-state index in [1.807, 2.05) is 33.3 Å². The lowest BCUT2D eigenvalue weighted by Crippen LogP contribution is -2.47. The van der Waals surface area contributed by atoms with Crippen LogP contribution in [-0.2, 0) is 27.9 Å². The van der Waals surface area contributed by atoms with Crippen molar-refractivity contribution in [2.45, 2.75) is 392 Å². The summed E-state index contributed by atoms with van der Waals surface area (Å²) in [7, 11) is 1.20.